The van der Waals surface area contributed by atoms with Gasteiger partial charge in [-0.1, -0.05) is 12.1 Å². The molecule has 0 aliphatic rings. The molecule has 1 heterocycles. The molecule has 5 N–H and O–H groups in total. The normalized spacial score (nSPS) is 10.1. The number of hydrogen-bond donors (Lipinski definition) is 3. The second-order valence-electron chi connectivity index (χ2n) is 4.53. The average Bonchev–Trinajstić information content (AvgIpc) is 2.49. The number of benzene rings is 1. The van der Waals surface area contributed by atoms with Gasteiger partial charge >= 0.3 is 0 Å². The molecule has 0 atom stereocenters. The topological polar surface area (TPSA) is 111 Å². The van der Waals surface area contributed by atoms with Crippen molar-refractivity contribution >= 4 is 17.5 Å². The Balaban J connectivity index is 2.06. The van der Waals surface area contributed by atoms with Crippen LogP contribution >= 0.6 is 0 Å². The number of nitrogens with two attached hydrogens (primary N) is 2. The number of amides is 2. The van der Waals surface area contributed by atoms with Crippen LogP contribution in [0.1, 0.15) is 21.6 Å². The third-order valence-electron chi connectivity index (χ3n) is 2.88. The van der Waals surface area contributed by atoms with Gasteiger partial charge in [-0.15, -0.1) is 0 Å². The summed E-state index contributed by atoms with van der Waals surface area (Å²) in [6, 6.07) is 10.2. The molecular formula is C15H16N4O2. The number of hydrogen-bond acceptors (Lipinski definition) is 4. The highest BCUT2D eigenvalue weighted by atomic mass is 16.2. The highest BCUT2D eigenvalue weighted by Gasteiger charge is 2.07. The first-order chi connectivity index (χ1) is 10.1. The predicted molar refractivity (Wildman–Crippen MR) is 79.4 cm³/mol. The Bertz CT molecular complexity index is 653. The monoisotopic (exact) mass is 284 g/mol. The molecule has 0 aliphatic carbocycles. The Morgan fingerprint density at radius 1 is 1.14 bits per heavy atom. The Hall–Kier alpha value is -2.73. The second-order valence-corrected chi connectivity index (χ2v) is 4.53. The number of anilines is 1. The highest BCUT2D eigenvalue weighted by Crippen LogP contribution is 2.12. The van der Waals surface area contributed by atoms with Gasteiger partial charge in [0, 0.05) is 24.0 Å². The summed E-state index contributed by atoms with van der Waals surface area (Å²) < 4.78 is 0. The molecule has 2 aromatic rings. The van der Waals surface area contributed by atoms with Crippen molar-refractivity contribution in [2.45, 2.75) is 13.0 Å². The van der Waals surface area contributed by atoms with Crippen LogP contribution in [-0.2, 0) is 17.8 Å². The minimum atomic E-state index is -0.391. The van der Waals surface area contributed by atoms with Gasteiger partial charge < -0.3 is 16.8 Å². The molecule has 0 radical (unpaired) electrons. The van der Waals surface area contributed by atoms with Gasteiger partial charge in [0.15, 0.2) is 0 Å². The van der Waals surface area contributed by atoms with Crippen molar-refractivity contribution in [2.75, 3.05) is 5.32 Å². The summed E-state index contributed by atoms with van der Waals surface area (Å²) in [5.41, 5.74) is 13.2. The van der Waals surface area contributed by atoms with Gasteiger partial charge in [-0.2, -0.15) is 0 Å². The molecule has 1 aromatic carbocycles. The van der Waals surface area contributed by atoms with E-state index >= 15 is 0 Å². The van der Waals surface area contributed by atoms with E-state index in [4.69, 9.17) is 11.5 Å². The lowest BCUT2D eigenvalue weighted by Gasteiger charge is -2.07. The maximum atomic E-state index is 12.1. The van der Waals surface area contributed by atoms with E-state index in [2.05, 4.69) is 10.3 Å². The number of rotatable bonds is 5. The van der Waals surface area contributed by atoms with E-state index in [1.54, 1.807) is 42.6 Å². The molecule has 0 bridgehead atoms. The zero-order valence-corrected chi connectivity index (χ0v) is 11.4. The molecule has 21 heavy (non-hydrogen) atoms. The molecule has 0 aliphatic heterocycles. The van der Waals surface area contributed by atoms with Gasteiger partial charge in [0.25, 0.3) is 5.91 Å². The Labute approximate surface area is 122 Å². The molecule has 2 rings (SSSR count). The Kier molecular flexibility index (Phi) is 4.63. The maximum absolute atomic E-state index is 12.1. The fraction of sp³-hybridized carbons (Fsp3) is 0.133. The molecule has 0 unspecified atom stereocenters. The van der Waals surface area contributed by atoms with Gasteiger partial charge in [0.2, 0.25) is 5.91 Å². The van der Waals surface area contributed by atoms with Crippen molar-refractivity contribution in [1.29, 1.82) is 0 Å². The molecule has 0 saturated carbocycles. The van der Waals surface area contributed by atoms with E-state index < -0.39 is 5.91 Å². The quantitative estimate of drug-likeness (QED) is 0.754. The van der Waals surface area contributed by atoms with Crippen molar-refractivity contribution in [3.63, 3.8) is 0 Å². The van der Waals surface area contributed by atoms with E-state index in [-0.39, 0.29) is 18.9 Å². The van der Waals surface area contributed by atoms with E-state index in [1.807, 2.05) is 0 Å². The van der Waals surface area contributed by atoms with Crippen molar-refractivity contribution < 1.29 is 9.59 Å². The summed E-state index contributed by atoms with van der Waals surface area (Å²) in [7, 11) is 0. The number of primary amides is 1. The average molecular weight is 284 g/mol. The lowest BCUT2D eigenvalue weighted by Crippen LogP contribution is -2.14. The third kappa shape index (κ3) is 4.12. The van der Waals surface area contributed by atoms with E-state index in [0.29, 0.717) is 16.9 Å². The van der Waals surface area contributed by atoms with Crippen molar-refractivity contribution in [3.8, 4) is 0 Å². The summed E-state index contributed by atoms with van der Waals surface area (Å²) in [6.45, 7) is 0.281. The van der Waals surface area contributed by atoms with Crippen molar-refractivity contribution in [2.24, 2.45) is 11.5 Å². The first kappa shape index (κ1) is 14.7. The summed E-state index contributed by atoms with van der Waals surface area (Å²) >= 11 is 0. The van der Waals surface area contributed by atoms with Crippen LogP contribution in [0.3, 0.4) is 0 Å². The first-order valence-electron chi connectivity index (χ1n) is 6.42. The molecule has 6 nitrogen and oxygen atoms in total. The SMILES string of the molecule is NCc1cc(C(=O)Nc2ccc(CC(N)=O)cc2)ccn1. The lowest BCUT2D eigenvalue weighted by molar-refractivity contribution is -0.117. The number of carbonyl (C=O) groups excluding carboxylic acids is 2. The summed E-state index contributed by atoms with van der Waals surface area (Å²) in [5.74, 6) is -0.632. The number of nitrogens with one attached hydrogen (secondary N) is 1. The number of aromatic nitrogens is 1. The van der Waals surface area contributed by atoms with Crippen LogP contribution in [0.5, 0.6) is 0 Å². The van der Waals surface area contributed by atoms with Gasteiger partial charge in [-0.05, 0) is 29.8 Å². The number of pyridine rings is 1. The van der Waals surface area contributed by atoms with Crippen LogP contribution in [-0.4, -0.2) is 16.8 Å². The Morgan fingerprint density at radius 3 is 2.48 bits per heavy atom. The molecule has 108 valence electrons. The second kappa shape index (κ2) is 6.62. The smallest absolute Gasteiger partial charge is 0.255 e. The molecule has 0 spiro atoms. The highest BCUT2D eigenvalue weighted by molar-refractivity contribution is 6.04. The third-order valence-corrected chi connectivity index (χ3v) is 2.88. The zero-order valence-electron chi connectivity index (χ0n) is 11.4. The minimum absolute atomic E-state index is 0.179. The standard InChI is InChI=1S/C15H16N4O2/c16-9-13-8-11(5-6-18-13)15(21)19-12-3-1-10(2-4-12)7-14(17)20/h1-6,8H,7,9,16H2,(H2,17,20)(H,19,21). The Morgan fingerprint density at radius 2 is 1.86 bits per heavy atom. The van der Waals surface area contributed by atoms with Crippen LogP contribution in [0.15, 0.2) is 42.6 Å². The van der Waals surface area contributed by atoms with Crippen LogP contribution in [0.25, 0.3) is 0 Å². The molecule has 0 fully saturated rings. The summed E-state index contributed by atoms with van der Waals surface area (Å²) in [4.78, 5) is 26.9. The fourth-order valence-corrected chi connectivity index (χ4v) is 1.84. The van der Waals surface area contributed by atoms with Gasteiger partial charge in [-0.25, -0.2) is 0 Å². The lowest BCUT2D eigenvalue weighted by atomic mass is 10.1. The summed E-state index contributed by atoms with van der Waals surface area (Å²) in [5, 5.41) is 2.77. The van der Waals surface area contributed by atoms with Gasteiger partial charge in [-0.3, -0.25) is 14.6 Å². The first-order valence-corrected chi connectivity index (χ1v) is 6.42. The largest absolute Gasteiger partial charge is 0.369 e. The van der Waals surface area contributed by atoms with Crippen LogP contribution in [0, 0.1) is 0 Å². The molecule has 1 aromatic heterocycles. The van der Waals surface area contributed by atoms with Crippen LogP contribution < -0.4 is 16.8 Å². The molecule has 0 saturated heterocycles. The molecule has 2 amide bonds. The van der Waals surface area contributed by atoms with Crippen molar-refractivity contribution in [1.82, 2.24) is 4.98 Å². The van der Waals surface area contributed by atoms with E-state index in [0.717, 1.165) is 5.56 Å². The maximum Gasteiger partial charge on any atom is 0.255 e. The molecule has 6 heteroatoms. The number of carbonyl (C=O) groups is 2. The van der Waals surface area contributed by atoms with Gasteiger partial charge in [0.1, 0.15) is 0 Å². The fourth-order valence-electron chi connectivity index (χ4n) is 1.84. The predicted octanol–water partition coefficient (Wildman–Crippen LogP) is 0.820. The molecular weight excluding hydrogens is 268 g/mol. The van der Waals surface area contributed by atoms with Crippen molar-refractivity contribution in [3.05, 3.63) is 59.4 Å². The number of nitrogens with zero attached hydrogens (tertiary/aromatic N) is 1. The van der Waals surface area contributed by atoms with Gasteiger partial charge in [0.05, 0.1) is 12.1 Å². The summed E-state index contributed by atoms with van der Waals surface area (Å²) in [6.07, 6.45) is 1.73. The van der Waals surface area contributed by atoms with E-state index in [9.17, 15) is 9.59 Å². The zero-order chi connectivity index (χ0) is 15.2. The minimum Gasteiger partial charge on any atom is -0.369 e. The van der Waals surface area contributed by atoms with Crippen LogP contribution in [0.4, 0.5) is 5.69 Å². The van der Waals surface area contributed by atoms with Crippen LogP contribution in [0.2, 0.25) is 0 Å². The van der Waals surface area contributed by atoms with E-state index in [1.165, 1.54) is 0 Å².